The standard InChI is InChI=1S/2Na.H2OS4/c;;1-5(2,3)4/h;;(H2,1,2,3,4)/q2*+1;/p-2. The minimum atomic E-state index is -2.67. The van der Waals surface area contributed by atoms with E-state index in [1.165, 1.54) is 0 Å². The molecule has 0 aliphatic heterocycles. The van der Waals surface area contributed by atoms with Crippen molar-refractivity contribution in [2.75, 3.05) is 0 Å². The summed E-state index contributed by atoms with van der Waals surface area (Å²) in [6.07, 6.45) is 0. The van der Waals surface area contributed by atoms with E-state index in [-0.39, 0.29) is 59.1 Å². The number of hydrogen-bond acceptors (Lipinski definition) is 4. The van der Waals surface area contributed by atoms with E-state index < -0.39 is 6.46 Å². The van der Waals surface area contributed by atoms with Gasteiger partial charge < -0.3 is 16.2 Å². The maximum Gasteiger partial charge on any atom is 1.00 e. The van der Waals surface area contributed by atoms with Crippen LogP contribution in [-0.4, -0.2) is 4.55 Å². The molecule has 0 saturated heterocycles. The minimum absolute atomic E-state index is 0. The summed E-state index contributed by atoms with van der Waals surface area (Å²) in [5, 5.41) is 0. The Morgan fingerprint density at radius 2 is 1.29 bits per heavy atom. The van der Waals surface area contributed by atoms with Gasteiger partial charge in [-0.1, -0.05) is 22.4 Å². The normalized spacial score (nSPS) is 8.29. The van der Waals surface area contributed by atoms with Crippen molar-refractivity contribution in [3.05, 3.63) is 0 Å². The summed E-state index contributed by atoms with van der Waals surface area (Å²) < 4.78 is 9.63. The fourth-order valence-electron chi connectivity index (χ4n) is 0. The van der Waals surface area contributed by atoms with Gasteiger partial charge in [-0.15, -0.1) is 0 Å². The van der Waals surface area contributed by atoms with Gasteiger partial charge in [0.1, 0.15) is 0 Å². The predicted molar refractivity (Wildman–Crippen MR) is 30.2 cm³/mol. The Morgan fingerprint density at radius 3 is 1.29 bits per heavy atom. The molecule has 0 aromatic carbocycles. The van der Waals surface area contributed by atoms with Crippen molar-refractivity contribution in [1.82, 2.24) is 0 Å². The number of hydrogen-bond donors (Lipinski definition) is 0. The van der Waals surface area contributed by atoms with Gasteiger partial charge in [0.15, 0.2) is 0 Å². The molecular formula is Na2OS4. The summed E-state index contributed by atoms with van der Waals surface area (Å²) in [6, 6.07) is 0. The molecule has 0 spiro atoms. The third kappa shape index (κ3) is 47.7. The van der Waals surface area contributed by atoms with Crippen LogP contribution in [-0.2, 0) is 40.5 Å². The Kier molecular flexibility index (Phi) is 17.1. The first kappa shape index (κ1) is 16.6. The maximum atomic E-state index is 9.63. The van der Waals surface area contributed by atoms with Crippen LogP contribution >= 0.6 is 0 Å². The first-order chi connectivity index (χ1) is 2.00. The maximum absolute atomic E-state index is 9.63. The molecule has 7 heavy (non-hydrogen) atoms. The Balaban J connectivity index is -0.0000000800. The van der Waals surface area contributed by atoms with Crippen molar-refractivity contribution in [2.45, 2.75) is 0 Å². The molecule has 0 saturated carbocycles. The average molecular weight is 190 g/mol. The van der Waals surface area contributed by atoms with Crippen LogP contribution in [0.2, 0.25) is 0 Å². The molecule has 0 unspecified atom stereocenters. The second-order valence-electron chi connectivity index (χ2n) is 0.408. The molecule has 0 aliphatic carbocycles. The monoisotopic (exact) mass is 190 g/mol. The third-order valence-electron chi connectivity index (χ3n) is 0. The molecule has 7 heteroatoms. The van der Waals surface area contributed by atoms with E-state index in [0.29, 0.717) is 0 Å². The molecule has 1 nitrogen and oxygen atoms in total. The van der Waals surface area contributed by atoms with Crippen molar-refractivity contribution in [3.8, 4) is 0 Å². The molecule has 0 fully saturated rings. The van der Waals surface area contributed by atoms with E-state index in [2.05, 4.69) is 34.0 Å². The van der Waals surface area contributed by atoms with Crippen molar-refractivity contribution in [3.63, 3.8) is 0 Å². The second kappa shape index (κ2) is 7.21. The van der Waals surface area contributed by atoms with Crippen LogP contribution in [0, 0.1) is 0 Å². The molecule has 32 valence electrons. The molecule has 0 aromatic rings. The van der Waals surface area contributed by atoms with Crippen molar-refractivity contribution >= 4 is 40.5 Å². The summed E-state index contributed by atoms with van der Waals surface area (Å²) in [5.41, 5.74) is 0. The van der Waals surface area contributed by atoms with Crippen LogP contribution in [0.3, 0.4) is 0 Å². The fraction of sp³-hybridized carbons (Fsp3) is 0. The molecule has 0 aromatic heterocycles. The van der Waals surface area contributed by atoms with Gasteiger partial charge in [0.25, 0.3) is 0 Å². The van der Waals surface area contributed by atoms with Crippen LogP contribution in [0.25, 0.3) is 0 Å². The van der Waals surface area contributed by atoms with Gasteiger partial charge in [0, 0.05) is 0 Å². The third-order valence-corrected chi connectivity index (χ3v) is 0. The van der Waals surface area contributed by atoms with Crippen LogP contribution in [0.4, 0.5) is 0 Å². The molecule has 0 amide bonds. The van der Waals surface area contributed by atoms with Gasteiger partial charge in [-0.3, -0.25) is 6.46 Å². The molecular weight excluding hydrogens is 190 g/mol. The molecule has 0 radical (unpaired) electrons. The first-order valence-electron chi connectivity index (χ1n) is 0.667. The molecule has 0 aliphatic rings. The van der Waals surface area contributed by atoms with E-state index in [0.717, 1.165) is 0 Å². The topological polar surface area (TPSA) is 23.1 Å². The van der Waals surface area contributed by atoms with Crippen molar-refractivity contribution < 1.29 is 63.7 Å². The molecule has 0 heterocycles. The second-order valence-corrected chi connectivity index (χ2v) is 7.35. The Bertz CT molecular complexity index is 92.9. The minimum Gasteiger partial charge on any atom is -0.809 e. The van der Waals surface area contributed by atoms with Crippen LogP contribution < -0.4 is 59.1 Å². The predicted octanol–water partition coefficient (Wildman–Crippen LogP) is -6.34. The molecule has 0 bridgehead atoms. The van der Waals surface area contributed by atoms with E-state index in [1.54, 1.807) is 0 Å². The van der Waals surface area contributed by atoms with E-state index in [9.17, 15) is 4.55 Å². The van der Waals surface area contributed by atoms with E-state index in [4.69, 9.17) is 0 Å². The average Bonchev–Trinajstić information content (AvgIpc) is 0.722. The van der Waals surface area contributed by atoms with E-state index in [1.807, 2.05) is 0 Å². The number of rotatable bonds is 0. The van der Waals surface area contributed by atoms with Gasteiger partial charge in [-0.05, 0) is 0 Å². The summed E-state index contributed by atoms with van der Waals surface area (Å²) in [5.74, 6) is 0. The Labute approximate surface area is 102 Å². The van der Waals surface area contributed by atoms with Crippen LogP contribution in [0.5, 0.6) is 0 Å². The van der Waals surface area contributed by atoms with Gasteiger partial charge in [-0.25, -0.2) is 0 Å². The Hall–Kier alpha value is 3.10. The first-order valence-corrected chi connectivity index (χ1v) is 5.00. The van der Waals surface area contributed by atoms with Gasteiger partial charge in [0.05, 0.1) is 0 Å². The fourth-order valence-corrected chi connectivity index (χ4v) is 0. The van der Waals surface area contributed by atoms with Crippen molar-refractivity contribution in [1.29, 1.82) is 0 Å². The quantitative estimate of drug-likeness (QED) is 0.215. The van der Waals surface area contributed by atoms with Gasteiger partial charge >= 0.3 is 59.1 Å². The zero-order valence-electron chi connectivity index (χ0n) is 4.04. The summed E-state index contributed by atoms with van der Waals surface area (Å²) in [6.45, 7) is -2.67. The molecule has 0 atom stereocenters. The molecule has 0 rings (SSSR count). The zero-order chi connectivity index (χ0) is 4.50. The molecule has 0 N–H and O–H groups in total. The SMILES string of the molecule is [Na+].[Na+].[O-]S(=S)(=S)[S-]. The van der Waals surface area contributed by atoms with Gasteiger partial charge in [-0.2, -0.15) is 0 Å². The summed E-state index contributed by atoms with van der Waals surface area (Å²) in [7, 11) is 0. The van der Waals surface area contributed by atoms with Gasteiger partial charge in [0.2, 0.25) is 0 Å². The van der Waals surface area contributed by atoms with Crippen LogP contribution in [0.1, 0.15) is 0 Å². The summed E-state index contributed by atoms with van der Waals surface area (Å²) >= 11 is 12.0. The summed E-state index contributed by atoms with van der Waals surface area (Å²) in [4.78, 5) is 0. The van der Waals surface area contributed by atoms with Crippen molar-refractivity contribution in [2.24, 2.45) is 0 Å². The van der Waals surface area contributed by atoms with E-state index >= 15 is 0 Å². The largest absolute Gasteiger partial charge is 1.00 e. The smallest absolute Gasteiger partial charge is 0.809 e. The Morgan fingerprint density at radius 1 is 1.29 bits per heavy atom. The zero-order valence-corrected chi connectivity index (χ0v) is 11.3. The van der Waals surface area contributed by atoms with Crippen LogP contribution in [0.15, 0.2) is 0 Å².